The summed E-state index contributed by atoms with van der Waals surface area (Å²) in [5, 5.41) is 10.7. The molecule has 104 heavy (non-hydrogen) atoms. The quantitative estimate of drug-likeness (QED) is 0.0222. The Hall–Kier alpha value is -1.94. The molecule has 0 amide bonds. The summed E-state index contributed by atoms with van der Waals surface area (Å²) in [7, 11) is -9.93. The molecule has 0 bridgehead atoms. The average molecular weight is 1520 g/mol. The molecular weight excluding hydrogens is 1350 g/mol. The first-order valence-electron chi connectivity index (χ1n) is 44.0. The van der Waals surface area contributed by atoms with Crippen molar-refractivity contribution in [2.45, 2.75) is 471 Å². The molecule has 0 radical (unpaired) electrons. The normalized spacial score (nSPS) is 14.1. The number of ether oxygens (including phenoxy) is 4. The van der Waals surface area contributed by atoms with Gasteiger partial charge in [-0.1, -0.05) is 401 Å². The van der Waals surface area contributed by atoms with Crippen molar-refractivity contribution in [3.63, 3.8) is 0 Å². The number of phosphoric ester groups is 2. The minimum absolute atomic E-state index is 0.107. The second-order valence-electron chi connectivity index (χ2n) is 31.3. The topological polar surface area (TPSA) is 237 Å². The van der Waals surface area contributed by atoms with Gasteiger partial charge in [-0.3, -0.25) is 37.3 Å². The Kier molecular flexibility index (Phi) is 75.0. The van der Waals surface area contributed by atoms with Gasteiger partial charge in [0.05, 0.1) is 26.4 Å². The minimum atomic E-state index is -4.97. The summed E-state index contributed by atoms with van der Waals surface area (Å²) in [5.41, 5.74) is 0. The molecular formula is C85H166O17P2. The van der Waals surface area contributed by atoms with Crippen LogP contribution in [0.25, 0.3) is 0 Å². The monoisotopic (exact) mass is 1520 g/mol. The van der Waals surface area contributed by atoms with Crippen LogP contribution in [0.15, 0.2) is 0 Å². The first-order chi connectivity index (χ1) is 50.4. The second-order valence-corrected chi connectivity index (χ2v) is 34.2. The van der Waals surface area contributed by atoms with E-state index < -0.39 is 97.5 Å². The van der Waals surface area contributed by atoms with Gasteiger partial charge in [-0.2, -0.15) is 0 Å². The highest BCUT2D eigenvalue weighted by Gasteiger charge is 2.30. The van der Waals surface area contributed by atoms with E-state index in [9.17, 15) is 43.2 Å². The van der Waals surface area contributed by atoms with Gasteiger partial charge in [-0.15, -0.1) is 0 Å². The van der Waals surface area contributed by atoms with E-state index in [0.29, 0.717) is 25.7 Å². The zero-order valence-corrected chi connectivity index (χ0v) is 70.1. The van der Waals surface area contributed by atoms with Crippen LogP contribution in [0, 0.1) is 11.8 Å². The van der Waals surface area contributed by atoms with E-state index in [0.717, 1.165) is 108 Å². The van der Waals surface area contributed by atoms with Crippen LogP contribution in [0.3, 0.4) is 0 Å². The molecule has 0 rings (SSSR count). The van der Waals surface area contributed by atoms with Crippen LogP contribution in [-0.4, -0.2) is 96.7 Å². The minimum Gasteiger partial charge on any atom is -0.462 e. The molecule has 0 heterocycles. The highest BCUT2D eigenvalue weighted by atomic mass is 31.2. The molecule has 19 heteroatoms. The predicted octanol–water partition coefficient (Wildman–Crippen LogP) is 25.8. The molecule has 0 aromatic carbocycles. The zero-order valence-electron chi connectivity index (χ0n) is 68.3. The highest BCUT2D eigenvalue weighted by molar-refractivity contribution is 7.47. The smallest absolute Gasteiger partial charge is 0.462 e. The Morgan fingerprint density at radius 3 is 0.731 bits per heavy atom. The predicted molar refractivity (Wildman–Crippen MR) is 428 cm³/mol. The van der Waals surface area contributed by atoms with Crippen molar-refractivity contribution in [3.8, 4) is 0 Å². The largest absolute Gasteiger partial charge is 0.472 e. The van der Waals surface area contributed by atoms with Crippen LogP contribution >= 0.6 is 15.6 Å². The van der Waals surface area contributed by atoms with Crippen LogP contribution in [0.2, 0.25) is 0 Å². The third kappa shape index (κ3) is 76.8. The summed E-state index contributed by atoms with van der Waals surface area (Å²) >= 11 is 0. The van der Waals surface area contributed by atoms with Gasteiger partial charge in [0.25, 0.3) is 0 Å². The third-order valence-corrected chi connectivity index (χ3v) is 22.2. The van der Waals surface area contributed by atoms with E-state index in [4.69, 9.17) is 37.0 Å². The Balaban J connectivity index is 5.22. The standard InChI is InChI=1S/C85H166O17P2/c1-7-10-12-14-16-18-20-22-24-25-26-27-28-29-30-32-38-42-46-50-58-64-69-84(89)101-80(73-95-82(87)67-61-55-48-44-40-36-34-33-35-39-43-47-53-59-65-77(4)5)75-99-103(91,92)97-71-79(86)72-98-104(93,94)100-76-81(74-96-83(88)68-62-56-52-51-54-60-66-78(6)9-3)102-85(90)70-63-57-49-45-41-37-31-23-21-19-17-15-13-11-8-2/h77-81,86H,7-76H2,1-6H3,(H,91,92)(H,93,94)/t78?,79-,80-,81-/m1/s1. The highest BCUT2D eigenvalue weighted by Crippen LogP contribution is 2.45. The van der Waals surface area contributed by atoms with E-state index in [-0.39, 0.29) is 25.7 Å². The van der Waals surface area contributed by atoms with Crippen LogP contribution in [0.1, 0.15) is 452 Å². The molecule has 0 saturated heterocycles. The average Bonchev–Trinajstić information content (AvgIpc) is 0.937. The first kappa shape index (κ1) is 102. The van der Waals surface area contributed by atoms with Crippen molar-refractivity contribution in [2.24, 2.45) is 11.8 Å². The van der Waals surface area contributed by atoms with Crippen molar-refractivity contribution in [1.29, 1.82) is 0 Å². The zero-order chi connectivity index (χ0) is 76.4. The molecule has 0 aliphatic heterocycles. The second kappa shape index (κ2) is 76.4. The number of rotatable bonds is 84. The molecule has 0 aliphatic rings. The molecule has 0 saturated carbocycles. The van der Waals surface area contributed by atoms with Crippen molar-refractivity contribution >= 4 is 39.5 Å². The molecule has 17 nitrogen and oxygen atoms in total. The third-order valence-electron chi connectivity index (χ3n) is 20.3. The van der Waals surface area contributed by atoms with Crippen molar-refractivity contribution < 1.29 is 80.2 Å². The van der Waals surface area contributed by atoms with E-state index in [2.05, 4.69) is 41.5 Å². The molecule has 0 aromatic heterocycles. The molecule has 3 unspecified atom stereocenters. The van der Waals surface area contributed by atoms with E-state index in [1.54, 1.807) is 0 Å². The Labute approximate surface area is 638 Å². The summed E-state index contributed by atoms with van der Waals surface area (Å²) in [5.74, 6) is -0.575. The van der Waals surface area contributed by atoms with Crippen molar-refractivity contribution in [2.75, 3.05) is 39.6 Å². The van der Waals surface area contributed by atoms with E-state index >= 15 is 0 Å². The molecule has 6 atom stereocenters. The van der Waals surface area contributed by atoms with Crippen molar-refractivity contribution in [3.05, 3.63) is 0 Å². The van der Waals surface area contributed by atoms with Crippen LogP contribution in [0.5, 0.6) is 0 Å². The molecule has 0 spiro atoms. The number of hydrogen-bond donors (Lipinski definition) is 3. The summed E-state index contributed by atoms with van der Waals surface area (Å²) in [6.45, 7) is 9.65. The Morgan fingerprint density at radius 1 is 0.279 bits per heavy atom. The van der Waals surface area contributed by atoms with Gasteiger partial charge in [0.1, 0.15) is 19.3 Å². The fraction of sp³-hybridized carbons (Fsp3) is 0.953. The van der Waals surface area contributed by atoms with Crippen molar-refractivity contribution in [1.82, 2.24) is 0 Å². The number of carbonyl (C=O) groups excluding carboxylic acids is 4. The van der Waals surface area contributed by atoms with Gasteiger partial charge in [-0.25, -0.2) is 9.13 Å². The fourth-order valence-electron chi connectivity index (χ4n) is 13.2. The maximum atomic E-state index is 13.1. The number of carbonyl (C=O) groups is 4. The molecule has 0 aromatic rings. The number of hydrogen-bond acceptors (Lipinski definition) is 15. The molecule has 0 aliphatic carbocycles. The lowest BCUT2D eigenvalue weighted by Gasteiger charge is -2.21. The van der Waals surface area contributed by atoms with Gasteiger partial charge in [0.15, 0.2) is 12.2 Å². The van der Waals surface area contributed by atoms with Gasteiger partial charge in [0, 0.05) is 25.7 Å². The maximum absolute atomic E-state index is 13.1. The number of aliphatic hydroxyl groups is 1. The lowest BCUT2D eigenvalue weighted by atomic mass is 10.00. The lowest BCUT2D eigenvalue weighted by molar-refractivity contribution is -0.161. The number of esters is 4. The van der Waals surface area contributed by atoms with Gasteiger partial charge < -0.3 is 33.8 Å². The van der Waals surface area contributed by atoms with E-state index in [1.165, 1.54) is 263 Å². The van der Waals surface area contributed by atoms with Gasteiger partial charge in [-0.05, 0) is 37.5 Å². The van der Waals surface area contributed by atoms with Crippen LogP contribution < -0.4 is 0 Å². The lowest BCUT2D eigenvalue weighted by Crippen LogP contribution is -2.30. The Bertz CT molecular complexity index is 2000. The summed E-state index contributed by atoms with van der Waals surface area (Å²) in [4.78, 5) is 73.2. The van der Waals surface area contributed by atoms with Gasteiger partial charge >= 0.3 is 39.5 Å². The summed E-state index contributed by atoms with van der Waals surface area (Å²) in [6.07, 6.45) is 68.1. The Morgan fingerprint density at radius 2 is 0.490 bits per heavy atom. The first-order valence-corrected chi connectivity index (χ1v) is 47.0. The molecule has 3 N–H and O–H groups in total. The maximum Gasteiger partial charge on any atom is 0.472 e. The molecule has 618 valence electrons. The number of phosphoric acid groups is 2. The van der Waals surface area contributed by atoms with E-state index in [1.807, 2.05) is 0 Å². The SMILES string of the molecule is CCCCCCCCCCCCCCCCCCCCCCCCC(=O)O[C@H](COC(=O)CCCCCCCCCCCCCCCCC(C)C)COP(=O)(O)OC[C@@H](O)COP(=O)(O)OC[C@@H](COC(=O)CCCCCCCCC(C)CC)OC(=O)CCCCCCCCCCCCCCCCC. The van der Waals surface area contributed by atoms with Crippen LogP contribution in [-0.2, 0) is 65.4 Å². The number of unbranched alkanes of at least 4 members (excludes halogenated alkanes) is 53. The summed E-state index contributed by atoms with van der Waals surface area (Å²) in [6, 6.07) is 0. The van der Waals surface area contributed by atoms with Crippen LogP contribution in [0.4, 0.5) is 0 Å². The molecule has 0 fully saturated rings. The summed E-state index contributed by atoms with van der Waals surface area (Å²) < 4.78 is 68.8. The number of aliphatic hydroxyl groups excluding tert-OH is 1. The fourth-order valence-corrected chi connectivity index (χ4v) is 14.8. The van der Waals surface area contributed by atoms with Gasteiger partial charge in [0.2, 0.25) is 0 Å².